The zero-order chi connectivity index (χ0) is 16.0. The highest BCUT2D eigenvalue weighted by Crippen LogP contribution is 2.45. The lowest BCUT2D eigenvalue weighted by molar-refractivity contribution is 0.220. The molecule has 1 N–H and O–H groups in total. The van der Waals surface area contributed by atoms with Gasteiger partial charge in [0.15, 0.2) is 0 Å². The minimum absolute atomic E-state index is 0.222. The predicted molar refractivity (Wildman–Crippen MR) is 94.6 cm³/mol. The third-order valence-corrected chi connectivity index (χ3v) is 5.35. The summed E-state index contributed by atoms with van der Waals surface area (Å²) in [5.74, 6) is 2.08. The highest BCUT2D eigenvalue weighted by Gasteiger charge is 2.41. The van der Waals surface area contributed by atoms with Crippen LogP contribution >= 0.6 is 0 Å². The van der Waals surface area contributed by atoms with Crippen molar-refractivity contribution in [2.75, 3.05) is 26.3 Å². The van der Waals surface area contributed by atoms with Crippen molar-refractivity contribution in [3.63, 3.8) is 0 Å². The Labute approximate surface area is 140 Å². The molecule has 3 heteroatoms. The summed E-state index contributed by atoms with van der Waals surface area (Å²) in [4.78, 5) is 0. The maximum atomic E-state index is 6.00. The molecule has 1 aromatic carbocycles. The molecule has 0 bridgehead atoms. The average Bonchev–Trinajstić information content (AvgIpc) is 2.93. The predicted octanol–water partition coefficient (Wildman–Crippen LogP) is 4.44. The zero-order valence-corrected chi connectivity index (χ0v) is 14.5. The summed E-state index contributed by atoms with van der Waals surface area (Å²) in [6.07, 6.45) is 10.2. The maximum absolute atomic E-state index is 6.00. The molecule has 0 amide bonds. The van der Waals surface area contributed by atoms with E-state index < -0.39 is 0 Å². The van der Waals surface area contributed by atoms with Gasteiger partial charge in [-0.05, 0) is 50.6 Å². The van der Waals surface area contributed by atoms with E-state index >= 15 is 0 Å². The normalized spacial score (nSPS) is 18.7. The largest absolute Gasteiger partial charge is 0.494 e. The molecule has 1 fully saturated rings. The van der Waals surface area contributed by atoms with Crippen LogP contribution in [0.4, 0.5) is 0 Å². The van der Waals surface area contributed by atoms with Gasteiger partial charge in [0, 0.05) is 11.0 Å². The van der Waals surface area contributed by atoms with E-state index in [9.17, 15) is 0 Å². The lowest BCUT2D eigenvalue weighted by Crippen LogP contribution is -2.40. The second kappa shape index (κ2) is 8.05. The van der Waals surface area contributed by atoms with E-state index in [-0.39, 0.29) is 5.41 Å². The Hall–Kier alpha value is -1.22. The van der Waals surface area contributed by atoms with Crippen LogP contribution in [-0.2, 0) is 5.41 Å². The molecule has 3 rings (SSSR count). The molecule has 1 saturated heterocycles. The molecule has 23 heavy (non-hydrogen) atoms. The highest BCUT2D eigenvalue weighted by molar-refractivity contribution is 5.48. The van der Waals surface area contributed by atoms with Crippen molar-refractivity contribution in [3.05, 3.63) is 23.8 Å². The minimum Gasteiger partial charge on any atom is -0.494 e. The number of hydrogen-bond acceptors (Lipinski definition) is 3. The Morgan fingerprint density at radius 2 is 1.87 bits per heavy atom. The fourth-order valence-corrected chi connectivity index (χ4v) is 3.82. The number of nitrogens with one attached hydrogen (secondary N) is 1. The van der Waals surface area contributed by atoms with Gasteiger partial charge in [0.05, 0.1) is 13.2 Å². The number of fused-ring (bicyclic) bond motifs is 2. The summed E-state index contributed by atoms with van der Waals surface area (Å²) in [5.41, 5.74) is 1.60. The number of rotatable bonds is 8. The quantitative estimate of drug-likeness (QED) is 0.719. The Morgan fingerprint density at radius 3 is 2.70 bits per heavy atom. The lowest BCUT2D eigenvalue weighted by Gasteiger charge is -2.32. The van der Waals surface area contributed by atoms with Crippen LogP contribution in [-0.4, -0.2) is 26.3 Å². The van der Waals surface area contributed by atoms with E-state index in [0.717, 1.165) is 44.2 Å². The summed E-state index contributed by atoms with van der Waals surface area (Å²) >= 11 is 0. The SMILES string of the molecule is CCCCCCCCOc1ccc2c(c1)C1(CCNCC1)CO2. The fourth-order valence-electron chi connectivity index (χ4n) is 3.82. The van der Waals surface area contributed by atoms with Gasteiger partial charge < -0.3 is 14.8 Å². The number of piperidine rings is 1. The smallest absolute Gasteiger partial charge is 0.123 e. The van der Waals surface area contributed by atoms with Crippen LogP contribution in [0.15, 0.2) is 18.2 Å². The van der Waals surface area contributed by atoms with Crippen molar-refractivity contribution < 1.29 is 9.47 Å². The van der Waals surface area contributed by atoms with Crippen molar-refractivity contribution in [1.82, 2.24) is 5.32 Å². The van der Waals surface area contributed by atoms with Gasteiger partial charge in [-0.2, -0.15) is 0 Å². The first-order chi connectivity index (χ1) is 11.3. The monoisotopic (exact) mass is 317 g/mol. The Bertz CT molecular complexity index is 489. The second-order valence-electron chi connectivity index (χ2n) is 7.09. The minimum atomic E-state index is 0.222. The zero-order valence-electron chi connectivity index (χ0n) is 14.5. The Morgan fingerprint density at radius 1 is 1.09 bits per heavy atom. The van der Waals surface area contributed by atoms with Crippen molar-refractivity contribution in [3.8, 4) is 11.5 Å². The van der Waals surface area contributed by atoms with Crippen LogP contribution in [0, 0.1) is 0 Å². The van der Waals surface area contributed by atoms with Crippen LogP contribution in [0.2, 0.25) is 0 Å². The summed E-state index contributed by atoms with van der Waals surface area (Å²) in [5, 5.41) is 3.46. The first kappa shape index (κ1) is 16.6. The van der Waals surface area contributed by atoms with Gasteiger partial charge in [-0.15, -0.1) is 0 Å². The molecule has 1 aromatic rings. The summed E-state index contributed by atoms with van der Waals surface area (Å²) in [7, 11) is 0. The third-order valence-electron chi connectivity index (χ3n) is 5.35. The molecule has 2 aliphatic rings. The maximum Gasteiger partial charge on any atom is 0.123 e. The molecule has 128 valence electrons. The van der Waals surface area contributed by atoms with Crippen LogP contribution in [0.25, 0.3) is 0 Å². The van der Waals surface area contributed by atoms with Gasteiger partial charge in [-0.1, -0.05) is 39.0 Å². The van der Waals surface area contributed by atoms with E-state index in [1.54, 1.807) is 0 Å². The van der Waals surface area contributed by atoms with Gasteiger partial charge in [0.2, 0.25) is 0 Å². The first-order valence-electron chi connectivity index (χ1n) is 9.45. The standard InChI is InChI=1S/C20H31NO2/c1-2-3-4-5-6-7-14-22-17-8-9-19-18(15-17)20(16-23-19)10-12-21-13-11-20/h8-9,15,21H,2-7,10-14,16H2,1H3. The van der Waals surface area contributed by atoms with Crippen LogP contribution in [0.1, 0.15) is 63.9 Å². The van der Waals surface area contributed by atoms with Crippen molar-refractivity contribution in [2.45, 2.75) is 63.7 Å². The first-order valence-corrected chi connectivity index (χ1v) is 9.45. The van der Waals surface area contributed by atoms with E-state index in [1.165, 1.54) is 50.5 Å². The summed E-state index contributed by atoms with van der Waals surface area (Å²) < 4.78 is 11.9. The van der Waals surface area contributed by atoms with Crippen LogP contribution < -0.4 is 14.8 Å². The molecule has 3 nitrogen and oxygen atoms in total. The van der Waals surface area contributed by atoms with Gasteiger partial charge in [0.1, 0.15) is 11.5 Å². The number of hydrogen-bond donors (Lipinski definition) is 1. The van der Waals surface area contributed by atoms with Crippen molar-refractivity contribution >= 4 is 0 Å². The van der Waals surface area contributed by atoms with E-state index in [2.05, 4.69) is 30.4 Å². The third kappa shape index (κ3) is 4.00. The molecule has 2 aliphatic heterocycles. The molecular weight excluding hydrogens is 286 g/mol. The van der Waals surface area contributed by atoms with Crippen LogP contribution in [0.5, 0.6) is 11.5 Å². The molecule has 0 saturated carbocycles. The van der Waals surface area contributed by atoms with E-state index in [0.29, 0.717) is 0 Å². The highest BCUT2D eigenvalue weighted by atomic mass is 16.5. The molecular formula is C20H31NO2. The number of ether oxygens (including phenoxy) is 2. The Balaban J connectivity index is 1.51. The van der Waals surface area contributed by atoms with Gasteiger partial charge in [0.25, 0.3) is 0 Å². The average molecular weight is 317 g/mol. The summed E-state index contributed by atoms with van der Waals surface area (Å²) in [6.45, 7) is 6.11. The topological polar surface area (TPSA) is 30.5 Å². The van der Waals surface area contributed by atoms with Gasteiger partial charge >= 0.3 is 0 Å². The molecule has 1 spiro atoms. The number of unbranched alkanes of at least 4 members (excludes halogenated alkanes) is 5. The molecule has 2 heterocycles. The van der Waals surface area contributed by atoms with Gasteiger partial charge in [-0.25, -0.2) is 0 Å². The number of benzene rings is 1. The van der Waals surface area contributed by atoms with Gasteiger partial charge in [-0.3, -0.25) is 0 Å². The van der Waals surface area contributed by atoms with E-state index in [4.69, 9.17) is 9.47 Å². The van der Waals surface area contributed by atoms with Crippen LogP contribution in [0.3, 0.4) is 0 Å². The molecule has 0 radical (unpaired) electrons. The van der Waals surface area contributed by atoms with E-state index in [1.807, 2.05) is 0 Å². The molecule has 0 aliphatic carbocycles. The summed E-state index contributed by atoms with van der Waals surface area (Å²) in [6, 6.07) is 6.41. The van der Waals surface area contributed by atoms with Crippen molar-refractivity contribution in [2.24, 2.45) is 0 Å². The lowest BCUT2D eigenvalue weighted by atomic mass is 9.75. The fraction of sp³-hybridized carbons (Fsp3) is 0.700. The molecule has 0 atom stereocenters. The Kier molecular flexibility index (Phi) is 5.82. The molecule has 0 unspecified atom stereocenters. The second-order valence-corrected chi connectivity index (χ2v) is 7.09. The van der Waals surface area contributed by atoms with Crippen molar-refractivity contribution in [1.29, 1.82) is 0 Å². The molecule has 0 aromatic heterocycles.